The summed E-state index contributed by atoms with van der Waals surface area (Å²) >= 11 is 0. The predicted octanol–water partition coefficient (Wildman–Crippen LogP) is 11.2. The largest absolute Gasteiger partial charge is 0.456 e. The normalized spacial score (nSPS) is 13.3. The highest BCUT2D eigenvalue weighted by molar-refractivity contribution is 6.22. The molecule has 41 heavy (non-hydrogen) atoms. The topological polar surface area (TPSA) is 13.1 Å². The summed E-state index contributed by atoms with van der Waals surface area (Å²) in [6, 6.07) is 46.2. The lowest BCUT2D eigenvalue weighted by Crippen LogP contribution is -2.00. The summed E-state index contributed by atoms with van der Waals surface area (Å²) in [6.07, 6.45) is 4.27. The second-order valence-corrected chi connectivity index (χ2v) is 11.1. The van der Waals surface area contributed by atoms with Gasteiger partial charge in [-0.15, -0.1) is 0 Å². The van der Waals surface area contributed by atoms with Crippen LogP contribution < -0.4 is 0 Å². The van der Waals surface area contributed by atoms with E-state index in [1.54, 1.807) is 0 Å². The Balaban J connectivity index is 1.35. The molecule has 1 aromatic heterocycles. The first-order valence-corrected chi connectivity index (χ1v) is 14.4. The molecule has 9 rings (SSSR count). The molecule has 0 N–H and O–H groups in total. The van der Waals surface area contributed by atoms with Gasteiger partial charge in [0.1, 0.15) is 11.3 Å². The molecule has 7 aromatic carbocycles. The lowest BCUT2D eigenvalue weighted by atomic mass is 9.82. The summed E-state index contributed by atoms with van der Waals surface area (Å²) in [6.45, 7) is 0. The molecule has 0 bridgehead atoms. The molecule has 1 aliphatic rings. The minimum absolute atomic E-state index is 0.968. The lowest BCUT2D eigenvalue weighted by molar-refractivity contribution is 0.596. The third-order valence-corrected chi connectivity index (χ3v) is 8.97. The van der Waals surface area contributed by atoms with Crippen LogP contribution in [0, 0.1) is 0 Å². The fourth-order valence-corrected chi connectivity index (χ4v) is 7.21. The number of hydrogen-bond donors (Lipinski definition) is 0. The molecule has 0 aliphatic heterocycles. The minimum atomic E-state index is 0.968. The van der Waals surface area contributed by atoms with Gasteiger partial charge in [-0.1, -0.05) is 121 Å². The van der Waals surface area contributed by atoms with E-state index in [4.69, 9.17) is 4.42 Å². The Hall–Kier alpha value is -5.14. The van der Waals surface area contributed by atoms with Gasteiger partial charge in [-0.2, -0.15) is 0 Å². The average Bonchev–Trinajstić information content (AvgIpc) is 3.42. The van der Waals surface area contributed by atoms with E-state index in [1.807, 2.05) is 0 Å². The zero-order valence-electron chi connectivity index (χ0n) is 22.5. The van der Waals surface area contributed by atoms with Crippen LogP contribution in [0.2, 0.25) is 0 Å². The Morgan fingerprint density at radius 1 is 0.439 bits per heavy atom. The highest BCUT2D eigenvalue weighted by Crippen LogP contribution is 2.47. The second kappa shape index (κ2) is 8.68. The van der Waals surface area contributed by atoms with E-state index in [0.717, 1.165) is 24.2 Å². The van der Waals surface area contributed by atoms with Crippen molar-refractivity contribution in [2.75, 3.05) is 0 Å². The van der Waals surface area contributed by atoms with Gasteiger partial charge in [0.05, 0.1) is 0 Å². The maximum Gasteiger partial charge on any atom is 0.135 e. The van der Waals surface area contributed by atoms with E-state index < -0.39 is 0 Å². The Labute approximate surface area is 238 Å². The van der Waals surface area contributed by atoms with Crippen molar-refractivity contribution in [2.45, 2.75) is 12.8 Å². The van der Waals surface area contributed by atoms with Crippen molar-refractivity contribution in [2.24, 2.45) is 0 Å². The third-order valence-electron chi connectivity index (χ3n) is 8.97. The van der Waals surface area contributed by atoms with Gasteiger partial charge in [0, 0.05) is 10.9 Å². The van der Waals surface area contributed by atoms with E-state index in [1.165, 1.54) is 76.3 Å². The first-order valence-electron chi connectivity index (χ1n) is 14.4. The van der Waals surface area contributed by atoms with E-state index in [9.17, 15) is 0 Å². The fourth-order valence-electron chi connectivity index (χ4n) is 7.21. The van der Waals surface area contributed by atoms with Gasteiger partial charge in [0.25, 0.3) is 0 Å². The van der Waals surface area contributed by atoms with Crippen molar-refractivity contribution in [1.29, 1.82) is 0 Å². The smallest absolute Gasteiger partial charge is 0.135 e. The SMILES string of the molecule is C1=C(c2c3ccccc3c(-c3cccc4ccccc34)c3ccccc23)CCc2c1oc1ccc3ccccc3c21. The van der Waals surface area contributed by atoms with Gasteiger partial charge in [-0.3, -0.25) is 0 Å². The Bertz CT molecular complexity index is 2300. The van der Waals surface area contributed by atoms with Gasteiger partial charge >= 0.3 is 0 Å². The van der Waals surface area contributed by atoms with E-state index in [2.05, 4.69) is 133 Å². The number of aryl methyl sites for hydroxylation is 1. The third kappa shape index (κ3) is 3.30. The van der Waals surface area contributed by atoms with Crippen molar-refractivity contribution in [3.8, 4) is 11.1 Å². The zero-order chi connectivity index (χ0) is 26.9. The van der Waals surface area contributed by atoms with Gasteiger partial charge in [0.2, 0.25) is 0 Å². The molecule has 0 radical (unpaired) electrons. The van der Waals surface area contributed by atoms with Gasteiger partial charge < -0.3 is 4.42 Å². The predicted molar refractivity (Wildman–Crippen MR) is 174 cm³/mol. The molecule has 1 heteroatoms. The average molecular weight is 523 g/mol. The van der Waals surface area contributed by atoms with Crippen LogP contribution in [-0.2, 0) is 6.42 Å². The van der Waals surface area contributed by atoms with Crippen LogP contribution in [0.25, 0.3) is 76.8 Å². The molecule has 0 saturated heterocycles. The zero-order valence-corrected chi connectivity index (χ0v) is 22.5. The first kappa shape index (κ1) is 22.7. The first-order chi connectivity index (χ1) is 20.3. The summed E-state index contributed by atoms with van der Waals surface area (Å²) in [5.74, 6) is 1.00. The number of fused-ring (bicyclic) bond motifs is 8. The lowest BCUT2D eigenvalue weighted by Gasteiger charge is -2.21. The highest BCUT2D eigenvalue weighted by Gasteiger charge is 2.24. The molecule has 0 fully saturated rings. The molecule has 8 aromatic rings. The summed E-state index contributed by atoms with van der Waals surface area (Å²) in [5, 5.41) is 11.5. The summed E-state index contributed by atoms with van der Waals surface area (Å²) in [5.41, 5.74) is 7.58. The van der Waals surface area contributed by atoms with E-state index >= 15 is 0 Å². The van der Waals surface area contributed by atoms with Crippen LogP contribution in [0.3, 0.4) is 0 Å². The van der Waals surface area contributed by atoms with Crippen molar-refractivity contribution < 1.29 is 4.42 Å². The molecule has 1 nitrogen and oxygen atoms in total. The number of rotatable bonds is 2. The van der Waals surface area contributed by atoms with Crippen molar-refractivity contribution >= 4 is 65.7 Å². The summed E-state index contributed by atoms with van der Waals surface area (Å²) in [7, 11) is 0. The van der Waals surface area contributed by atoms with E-state index in [-0.39, 0.29) is 0 Å². The molecular weight excluding hydrogens is 496 g/mol. The van der Waals surface area contributed by atoms with Crippen molar-refractivity contribution in [3.63, 3.8) is 0 Å². The van der Waals surface area contributed by atoms with Gasteiger partial charge in [0.15, 0.2) is 0 Å². The van der Waals surface area contributed by atoms with Crippen LogP contribution in [0.4, 0.5) is 0 Å². The molecule has 0 unspecified atom stereocenters. The number of allylic oxidation sites excluding steroid dienone is 1. The summed E-state index contributed by atoms with van der Waals surface area (Å²) in [4.78, 5) is 0. The number of hydrogen-bond acceptors (Lipinski definition) is 1. The molecule has 0 atom stereocenters. The number of furan rings is 1. The van der Waals surface area contributed by atoms with Crippen LogP contribution in [0.15, 0.2) is 132 Å². The maximum absolute atomic E-state index is 6.54. The van der Waals surface area contributed by atoms with Crippen LogP contribution in [0.5, 0.6) is 0 Å². The monoisotopic (exact) mass is 522 g/mol. The van der Waals surface area contributed by atoms with Crippen LogP contribution >= 0.6 is 0 Å². The standard InChI is InChI=1S/C40H26O/c1-3-13-28-25(10-1)12-9-19-30(28)39-33-17-7-5-15-31(33)38(32-16-6-8-18-34(32)39)27-20-22-35-37(24-27)41-36-23-21-26-11-2-4-14-29(26)40(35)36/h1-19,21,23-24H,20,22H2. The second-order valence-electron chi connectivity index (χ2n) is 11.1. The van der Waals surface area contributed by atoms with Gasteiger partial charge in [-0.25, -0.2) is 0 Å². The molecule has 192 valence electrons. The molecule has 0 spiro atoms. The van der Waals surface area contributed by atoms with E-state index in [0.29, 0.717) is 0 Å². The molecule has 0 amide bonds. The van der Waals surface area contributed by atoms with Gasteiger partial charge in [-0.05, 0) is 90.3 Å². The van der Waals surface area contributed by atoms with Crippen molar-refractivity contribution in [3.05, 3.63) is 144 Å². The number of benzene rings is 7. The van der Waals surface area contributed by atoms with Crippen molar-refractivity contribution in [1.82, 2.24) is 0 Å². The molecular formula is C40H26O. The van der Waals surface area contributed by atoms with Crippen LogP contribution in [-0.4, -0.2) is 0 Å². The molecule has 0 saturated carbocycles. The highest BCUT2D eigenvalue weighted by atomic mass is 16.3. The summed E-state index contributed by atoms with van der Waals surface area (Å²) < 4.78 is 6.54. The Kier molecular flexibility index (Phi) is 4.80. The Morgan fingerprint density at radius 3 is 1.71 bits per heavy atom. The maximum atomic E-state index is 6.54. The fraction of sp³-hybridized carbons (Fsp3) is 0.0500. The van der Waals surface area contributed by atoms with Crippen LogP contribution in [0.1, 0.15) is 23.3 Å². The quantitative estimate of drug-likeness (QED) is 0.206. The molecule has 1 aliphatic carbocycles. The molecule has 1 heterocycles. The minimum Gasteiger partial charge on any atom is -0.456 e. The Morgan fingerprint density at radius 2 is 1.00 bits per heavy atom.